The predicted octanol–water partition coefficient (Wildman–Crippen LogP) is 3.01. The molecule has 7 heteroatoms. The molecular weight excluding hydrogens is 233 g/mol. The Morgan fingerprint density at radius 1 is 1.24 bits per heavy atom. The minimum Gasteiger partial charge on any atom is -0.258 e. The first kappa shape index (κ1) is 11.7. The number of nitrogens with zero attached hydrogens (tertiary/aromatic N) is 4. The van der Waals surface area contributed by atoms with E-state index in [0.29, 0.717) is 12.4 Å². The molecule has 1 aliphatic heterocycles. The molecule has 0 saturated heterocycles. The van der Waals surface area contributed by atoms with Gasteiger partial charge in [-0.2, -0.15) is 13.2 Å². The summed E-state index contributed by atoms with van der Waals surface area (Å²) in [5.74, 6) is 0. The molecule has 0 amide bonds. The maximum absolute atomic E-state index is 12.7. The highest BCUT2D eigenvalue weighted by atomic mass is 19.4. The largest absolute Gasteiger partial charge is 0.416 e. The van der Waals surface area contributed by atoms with Gasteiger partial charge < -0.3 is 0 Å². The predicted molar refractivity (Wildman–Crippen MR) is 56.1 cm³/mol. The van der Waals surface area contributed by atoms with Crippen LogP contribution in [0.1, 0.15) is 11.1 Å². The highest BCUT2D eigenvalue weighted by Gasteiger charge is 2.33. The van der Waals surface area contributed by atoms with Gasteiger partial charge in [0.25, 0.3) is 0 Å². The Bertz CT molecular complexity index is 455. The van der Waals surface area contributed by atoms with Gasteiger partial charge in [0, 0.05) is 7.05 Å². The maximum atomic E-state index is 12.7. The fourth-order valence-corrected chi connectivity index (χ4v) is 1.70. The number of halogens is 3. The molecule has 17 heavy (non-hydrogen) atoms. The summed E-state index contributed by atoms with van der Waals surface area (Å²) in [4.78, 5) is 0. The van der Waals surface area contributed by atoms with E-state index in [1.54, 1.807) is 18.1 Å². The van der Waals surface area contributed by atoms with Crippen LogP contribution in [0.25, 0.3) is 0 Å². The Hall–Kier alpha value is -1.79. The molecule has 0 aliphatic carbocycles. The van der Waals surface area contributed by atoms with Gasteiger partial charge in [-0.3, -0.25) is 5.01 Å². The van der Waals surface area contributed by atoms with E-state index in [-0.39, 0.29) is 5.56 Å². The zero-order valence-corrected chi connectivity index (χ0v) is 9.36. The van der Waals surface area contributed by atoms with Crippen LogP contribution >= 0.6 is 0 Å². The molecule has 4 nitrogen and oxygen atoms in total. The van der Waals surface area contributed by atoms with Crippen LogP contribution in [-0.2, 0) is 6.18 Å². The Morgan fingerprint density at radius 2 is 1.94 bits per heavy atom. The van der Waals surface area contributed by atoms with Crippen molar-refractivity contribution in [1.29, 1.82) is 0 Å². The van der Waals surface area contributed by atoms with Crippen molar-refractivity contribution in [2.75, 3.05) is 18.7 Å². The smallest absolute Gasteiger partial charge is 0.258 e. The summed E-state index contributed by atoms with van der Waals surface area (Å²) in [7, 11) is 1.70. The topological polar surface area (TPSA) is 31.2 Å². The van der Waals surface area contributed by atoms with E-state index >= 15 is 0 Å². The van der Waals surface area contributed by atoms with Crippen molar-refractivity contribution >= 4 is 5.69 Å². The molecular formula is C10H11F3N4. The van der Waals surface area contributed by atoms with Gasteiger partial charge in [-0.05, 0) is 29.8 Å². The van der Waals surface area contributed by atoms with Crippen LogP contribution in [0.3, 0.4) is 0 Å². The fraction of sp³-hybridized carbons (Fsp3) is 0.400. The molecule has 0 aromatic heterocycles. The minimum atomic E-state index is -4.34. The molecule has 0 fully saturated rings. The van der Waals surface area contributed by atoms with E-state index in [2.05, 4.69) is 10.4 Å². The van der Waals surface area contributed by atoms with Gasteiger partial charge in [-0.1, -0.05) is 11.3 Å². The molecule has 0 bridgehead atoms. The van der Waals surface area contributed by atoms with E-state index < -0.39 is 11.7 Å². The van der Waals surface area contributed by atoms with Gasteiger partial charge >= 0.3 is 6.18 Å². The van der Waals surface area contributed by atoms with Crippen LogP contribution in [0.5, 0.6) is 0 Å². The van der Waals surface area contributed by atoms with Crippen LogP contribution in [-0.4, -0.2) is 18.7 Å². The highest BCUT2D eigenvalue weighted by Crippen LogP contribution is 2.36. The molecule has 2 rings (SSSR count). The van der Waals surface area contributed by atoms with Crippen molar-refractivity contribution in [2.45, 2.75) is 13.1 Å². The van der Waals surface area contributed by atoms with Crippen molar-refractivity contribution in [3.63, 3.8) is 0 Å². The van der Waals surface area contributed by atoms with E-state index in [1.165, 1.54) is 18.0 Å². The normalized spacial score (nSPS) is 15.8. The van der Waals surface area contributed by atoms with Crippen molar-refractivity contribution < 1.29 is 13.2 Å². The molecule has 0 N–H and O–H groups in total. The van der Waals surface area contributed by atoms with Crippen LogP contribution < -0.4 is 5.01 Å². The molecule has 0 atom stereocenters. The first-order chi connectivity index (χ1) is 7.89. The molecule has 1 heterocycles. The average Bonchev–Trinajstić information content (AvgIpc) is 2.63. The lowest BCUT2D eigenvalue weighted by Crippen LogP contribution is -2.23. The van der Waals surface area contributed by atoms with Gasteiger partial charge in [0.05, 0.1) is 11.3 Å². The van der Waals surface area contributed by atoms with Crippen LogP contribution in [0.2, 0.25) is 0 Å². The number of alkyl halides is 3. The van der Waals surface area contributed by atoms with Gasteiger partial charge in [0.2, 0.25) is 0 Å². The van der Waals surface area contributed by atoms with Crippen molar-refractivity contribution in [3.8, 4) is 0 Å². The van der Waals surface area contributed by atoms with E-state index in [1.807, 2.05) is 0 Å². The van der Waals surface area contributed by atoms with Crippen molar-refractivity contribution in [1.82, 2.24) is 5.01 Å². The third-order valence-corrected chi connectivity index (χ3v) is 2.53. The maximum Gasteiger partial charge on any atom is 0.416 e. The third-order valence-electron chi connectivity index (χ3n) is 2.53. The van der Waals surface area contributed by atoms with Gasteiger partial charge in [0.1, 0.15) is 6.67 Å². The molecule has 1 aromatic rings. The number of hydrogen-bond donors (Lipinski definition) is 0. The molecule has 92 valence electrons. The molecule has 1 aliphatic rings. The monoisotopic (exact) mass is 244 g/mol. The van der Waals surface area contributed by atoms with Crippen molar-refractivity contribution in [3.05, 3.63) is 29.3 Å². The number of benzene rings is 1. The van der Waals surface area contributed by atoms with Crippen LogP contribution in [0.4, 0.5) is 18.9 Å². The molecule has 0 spiro atoms. The molecule has 0 saturated carbocycles. The number of hydrogen-bond acceptors (Lipinski definition) is 4. The second-order valence-electron chi connectivity index (χ2n) is 3.82. The first-order valence-corrected chi connectivity index (χ1v) is 4.96. The van der Waals surface area contributed by atoms with E-state index in [4.69, 9.17) is 0 Å². The lowest BCUT2D eigenvalue weighted by atomic mass is 10.1. The molecule has 0 radical (unpaired) electrons. The van der Waals surface area contributed by atoms with Gasteiger partial charge in [0.15, 0.2) is 0 Å². The zero-order valence-electron chi connectivity index (χ0n) is 9.36. The summed E-state index contributed by atoms with van der Waals surface area (Å²) >= 11 is 0. The quantitative estimate of drug-likeness (QED) is 0.760. The first-order valence-electron chi connectivity index (χ1n) is 4.96. The lowest BCUT2D eigenvalue weighted by Gasteiger charge is -2.19. The summed E-state index contributed by atoms with van der Waals surface area (Å²) in [5, 5.41) is 10.5. The standard InChI is InChI=1S/C10H11F3N4/c1-7-8(10(11,12)13)4-3-5-9(7)17-6-16(2)14-15-17/h3-5H,6H2,1-2H3. The zero-order chi connectivity index (χ0) is 12.6. The average molecular weight is 244 g/mol. The Labute approximate surface area is 96.3 Å². The SMILES string of the molecule is Cc1c(N2CN(C)N=N2)cccc1C(F)(F)F. The second-order valence-corrected chi connectivity index (χ2v) is 3.82. The molecule has 1 aromatic carbocycles. The Morgan fingerprint density at radius 3 is 2.47 bits per heavy atom. The van der Waals surface area contributed by atoms with E-state index in [9.17, 15) is 13.2 Å². The summed E-state index contributed by atoms with van der Waals surface area (Å²) < 4.78 is 38.1. The minimum absolute atomic E-state index is 0.161. The summed E-state index contributed by atoms with van der Waals surface area (Å²) in [6.07, 6.45) is -4.34. The van der Waals surface area contributed by atoms with E-state index in [0.717, 1.165) is 6.07 Å². The van der Waals surface area contributed by atoms with Gasteiger partial charge in [-0.25, -0.2) is 5.01 Å². The summed E-state index contributed by atoms with van der Waals surface area (Å²) in [6, 6.07) is 4.04. The summed E-state index contributed by atoms with van der Waals surface area (Å²) in [6.45, 7) is 1.79. The van der Waals surface area contributed by atoms with Crippen LogP contribution in [0.15, 0.2) is 28.6 Å². The second kappa shape index (κ2) is 3.90. The lowest BCUT2D eigenvalue weighted by molar-refractivity contribution is -0.138. The van der Waals surface area contributed by atoms with Crippen molar-refractivity contribution in [2.24, 2.45) is 10.4 Å². The van der Waals surface area contributed by atoms with Gasteiger partial charge in [-0.15, -0.1) is 0 Å². The fourth-order valence-electron chi connectivity index (χ4n) is 1.70. The Kier molecular flexibility index (Phi) is 2.68. The summed E-state index contributed by atoms with van der Waals surface area (Å²) in [5.41, 5.74) is -0.0538. The highest BCUT2D eigenvalue weighted by molar-refractivity contribution is 5.56. The third kappa shape index (κ3) is 2.17. The van der Waals surface area contributed by atoms with Crippen LogP contribution in [0, 0.1) is 6.92 Å². The number of anilines is 1. The number of rotatable bonds is 1. The molecule has 0 unspecified atom stereocenters. The Balaban J connectivity index is 2.40.